The fourth-order valence-electron chi connectivity index (χ4n) is 2.28. The molecule has 0 spiro atoms. The highest BCUT2D eigenvalue weighted by molar-refractivity contribution is 5.98. The lowest BCUT2D eigenvalue weighted by molar-refractivity contribution is -0.155. The van der Waals surface area contributed by atoms with Crippen molar-refractivity contribution in [2.24, 2.45) is 5.73 Å². The smallest absolute Gasteiger partial charge is 0.310 e. The maximum atomic E-state index is 12.2. The Kier molecular flexibility index (Phi) is 7.08. The first-order chi connectivity index (χ1) is 12.2. The minimum absolute atomic E-state index is 0.0990. The van der Waals surface area contributed by atoms with Crippen LogP contribution in [-0.2, 0) is 31.9 Å². The first kappa shape index (κ1) is 22.6. The Morgan fingerprint density at radius 3 is 1.93 bits per heavy atom. The highest BCUT2D eigenvalue weighted by Crippen LogP contribution is 2.27. The van der Waals surface area contributed by atoms with Crippen molar-refractivity contribution in [2.75, 3.05) is 6.54 Å². The first-order valence-electron chi connectivity index (χ1n) is 8.60. The van der Waals surface area contributed by atoms with E-state index >= 15 is 0 Å². The van der Waals surface area contributed by atoms with E-state index in [0.717, 1.165) is 0 Å². The molecule has 0 atom stereocenters. The number of Topliss-reactive ketones (excluding diaryl/α,β-unsaturated/α-hetero) is 1. The van der Waals surface area contributed by atoms with E-state index in [4.69, 9.17) is 15.2 Å². The van der Waals surface area contributed by atoms with Crippen molar-refractivity contribution in [3.05, 3.63) is 23.0 Å². The Bertz CT molecular complexity index is 729. The van der Waals surface area contributed by atoms with Gasteiger partial charge in [-0.2, -0.15) is 0 Å². The number of nitrogens with two attached hydrogens (primary N) is 1. The number of esters is 2. The van der Waals surface area contributed by atoms with Gasteiger partial charge in [0.2, 0.25) is 0 Å². The topological polar surface area (TPSA) is 129 Å². The zero-order valence-corrected chi connectivity index (χ0v) is 16.7. The number of ether oxygens (including phenoxy) is 2. The standard InChI is InChI=1S/C19H28N2O6/c1-18(2,3)26-14(23)7-11-10-21-16(13(22)9-20)17(25)12(11)8-15(24)27-19(4,5)6/h10,25H,7-9,20H2,1-6H3. The predicted octanol–water partition coefficient (Wildman–Crippen LogP) is 1.70. The van der Waals surface area contributed by atoms with Gasteiger partial charge in [-0.25, -0.2) is 4.98 Å². The van der Waals surface area contributed by atoms with E-state index < -0.39 is 34.7 Å². The predicted molar refractivity (Wildman–Crippen MR) is 98.4 cm³/mol. The molecule has 1 rings (SSSR count). The van der Waals surface area contributed by atoms with Crippen molar-refractivity contribution in [3.63, 3.8) is 0 Å². The van der Waals surface area contributed by atoms with Crippen LogP contribution in [0.5, 0.6) is 5.75 Å². The number of ketones is 1. The Morgan fingerprint density at radius 1 is 1.00 bits per heavy atom. The van der Waals surface area contributed by atoms with Crippen molar-refractivity contribution < 1.29 is 29.0 Å². The molecule has 27 heavy (non-hydrogen) atoms. The van der Waals surface area contributed by atoms with Crippen LogP contribution in [0.25, 0.3) is 0 Å². The molecule has 0 unspecified atom stereocenters. The monoisotopic (exact) mass is 380 g/mol. The van der Waals surface area contributed by atoms with Gasteiger partial charge in [0.25, 0.3) is 0 Å². The molecule has 1 aromatic heterocycles. The summed E-state index contributed by atoms with van der Waals surface area (Å²) in [4.78, 5) is 40.1. The number of aromatic nitrogens is 1. The van der Waals surface area contributed by atoms with Crippen LogP contribution in [0.4, 0.5) is 0 Å². The summed E-state index contributed by atoms with van der Waals surface area (Å²) in [7, 11) is 0. The Hall–Kier alpha value is -2.48. The Labute approximate surface area is 159 Å². The molecule has 0 aliphatic rings. The molecular formula is C19H28N2O6. The van der Waals surface area contributed by atoms with Crippen LogP contribution in [0.15, 0.2) is 6.20 Å². The third-order valence-electron chi connectivity index (χ3n) is 3.19. The Balaban J connectivity index is 3.25. The van der Waals surface area contributed by atoms with Gasteiger partial charge in [0.1, 0.15) is 22.6 Å². The van der Waals surface area contributed by atoms with Crippen molar-refractivity contribution in [3.8, 4) is 5.75 Å². The molecule has 0 radical (unpaired) electrons. The first-order valence-corrected chi connectivity index (χ1v) is 8.60. The summed E-state index contributed by atoms with van der Waals surface area (Å²) in [6.45, 7) is 9.96. The summed E-state index contributed by atoms with van der Waals surface area (Å²) in [5, 5.41) is 10.5. The van der Waals surface area contributed by atoms with E-state index in [-0.39, 0.29) is 36.2 Å². The van der Waals surface area contributed by atoms with Crippen LogP contribution < -0.4 is 5.73 Å². The third-order valence-corrected chi connectivity index (χ3v) is 3.19. The molecule has 3 N–H and O–H groups in total. The molecule has 8 nitrogen and oxygen atoms in total. The fourth-order valence-corrected chi connectivity index (χ4v) is 2.28. The van der Waals surface area contributed by atoms with Gasteiger partial charge in [-0.15, -0.1) is 0 Å². The largest absolute Gasteiger partial charge is 0.505 e. The van der Waals surface area contributed by atoms with Crippen LogP contribution in [0, 0.1) is 0 Å². The molecule has 0 aliphatic heterocycles. The molecule has 0 bridgehead atoms. The summed E-state index contributed by atoms with van der Waals surface area (Å²) in [6, 6.07) is 0. The molecule has 8 heteroatoms. The normalized spacial score (nSPS) is 11.8. The average molecular weight is 380 g/mol. The number of hydrogen-bond donors (Lipinski definition) is 2. The molecule has 0 saturated heterocycles. The van der Waals surface area contributed by atoms with Gasteiger partial charge in [-0.3, -0.25) is 14.4 Å². The third kappa shape index (κ3) is 7.34. The SMILES string of the molecule is CC(C)(C)OC(=O)Cc1cnc(C(=O)CN)c(O)c1CC(=O)OC(C)(C)C. The number of aromatic hydroxyl groups is 1. The molecule has 0 fully saturated rings. The van der Waals surface area contributed by atoms with Gasteiger partial charge in [-0.05, 0) is 47.1 Å². The number of hydrogen-bond acceptors (Lipinski definition) is 8. The van der Waals surface area contributed by atoms with Gasteiger partial charge < -0.3 is 20.3 Å². The summed E-state index contributed by atoms with van der Waals surface area (Å²) in [5.74, 6) is -2.22. The van der Waals surface area contributed by atoms with E-state index in [9.17, 15) is 19.5 Å². The van der Waals surface area contributed by atoms with Crippen LogP contribution in [0.2, 0.25) is 0 Å². The highest BCUT2D eigenvalue weighted by Gasteiger charge is 2.25. The van der Waals surface area contributed by atoms with E-state index in [1.54, 1.807) is 41.5 Å². The second-order valence-electron chi connectivity index (χ2n) is 8.11. The lowest BCUT2D eigenvalue weighted by Crippen LogP contribution is -2.27. The van der Waals surface area contributed by atoms with E-state index in [2.05, 4.69) is 4.98 Å². The summed E-state index contributed by atoms with van der Waals surface area (Å²) in [6.07, 6.45) is 0.730. The van der Waals surface area contributed by atoms with Crippen molar-refractivity contribution in [2.45, 2.75) is 65.6 Å². The lowest BCUT2D eigenvalue weighted by atomic mass is 10.00. The fraction of sp³-hybridized carbons (Fsp3) is 0.579. The van der Waals surface area contributed by atoms with E-state index in [0.29, 0.717) is 0 Å². The quantitative estimate of drug-likeness (QED) is 0.563. The molecule has 0 aromatic carbocycles. The molecular weight excluding hydrogens is 352 g/mol. The maximum Gasteiger partial charge on any atom is 0.310 e. The van der Waals surface area contributed by atoms with Crippen LogP contribution >= 0.6 is 0 Å². The lowest BCUT2D eigenvalue weighted by Gasteiger charge is -2.21. The number of rotatable bonds is 6. The van der Waals surface area contributed by atoms with Crippen molar-refractivity contribution in [1.29, 1.82) is 0 Å². The maximum absolute atomic E-state index is 12.2. The van der Waals surface area contributed by atoms with Gasteiger partial charge in [0, 0.05) is 11.8 Å². The van der Waals surface area contributed by atoms with Gasteiger partial charge in [0.05, 0.1) is 19.4 Å². The average Bonchev–Trinajstić information content (AvgIpc) is 2.46. The summed E-state index contributed by atoms with van der Waals surface area (Å²) >= 11 is 0. The molecule has 150 valence electrons. The zero-order valence-electron chi connectivity index (χ0n) is 16.7. The number of carbonyl (C=O) groups excluding carboxylic acids is 3. The number of nitrogens with zero attached hydrogens (tertiary/aromatic N) is 1. The molecule has 0 aliphatic carbocycles. The minimum atomic E-state index is -0.721. The van der Waals surface area contributed by atoms with Crippen LogP contribution in [-0.4, -0.2) is 45.6 Å². The van der Waals surface area contributed by atoms with Crippen LogP contribution in [0.1, 0.15) is 63.2 Å². The number of pyridine rings is 1. The second-order valence-corrected chi connectivity index (χ2v) is 8.11. The molecule has 0 saturated carbocycles. The van der Waals surface area contributed by atoms with E-state index in [1.165, 1.54) is 6.20 Å². The van der Waals surface area contributed by atoms with Crippen molar-refractivity contribution in [1.82, 2.24) is 4.98 Å². The summed E-state index contributed by atoms with van der Waals surface area (Å²) < 4.78 is 10.5. The molecule has 1 heterocycles. The summed E-state index contributed by atoms with van der Waals surface area (Å²) in [5.41, 5.74) is 4.05. The second kappa shape index (κ2) is 8.47. The van der Waals surface area contributed by atoms with Crippen LogP contribution in [0.3, 0.4) is 0 Å². The van der Waals surface area contributed by atoms with Gasteiger partial charge >= 0.3 is 11.9 Å². The van der Waals surface area contributed by atoms with Gasteiger partial charge in [0.15, 0.2) is 5.78 Å². The molecule has 1 aromatic rings. The van der Waals surface area contributed by atoms with Crippen molar-refractivity contribution >= 4 is 17.7 Å². The minimum Gasteiger partial charge on any atom is -0.505 e. The van der Waals surface area contributed by atoms with Gasteiger partial charge in [-0.1, -0.05) is 0 Å². The zero-order chi connectivity index (χ0) is 21.0. The highest BCUT2D eigenvalue weighted by atomic mass is 16.6. The van der Waals surface area contributed by atoms with E-state index in [1.807, 2.05) is 0 Å². The number of carbonyl (C=O) groups is 3. The molecule has 0 amide bonds. The Morgan fingerprint density at radius 2 is 1.48 bits per heavy atom.